The Labute approximate surface area is 128 Å². The molecule has 0 fully saturated rings. The Kier molecular flexibility index (Phi) is 4.16. The van der Waals surface area contributed by atoms with Crippen molar-refractivity contribution < 1.29 is 18.1 Å². The van der Waals surface area contributed by atoms with Gasteiger partial charge >= 0.3 is 0 Å². The number of phenolic OH excluding ortho intramolecular Hbond substituents is 1. The maximum atomic E-state index is 11.5. The fourth-order valence-corrected chi connectivity index (χ4v) is 2.61. The molecule has 8 heteroatoms. The predicted molar refractivity (Wildman–Crippen MR) is 86.3 cm³/mol. The first-order chi connectivity index (χ1) is 10.2. The molecule has 2 rings (SSSR count). The number of aryl methyl sites for hydroxylation is 1. The maximum absolute atomic E-state index is 11.5. The third kappa shape index (κ3) is 3.23. The monoisotopic (exact) mass is 323 g/mol. The zero-order chi connectivity index (χ0) is 16.5. The summed E-state index contributed by atoms with van der Waals surface area (Å²) in [4.78, 5) is -0.353. The topological polar surface area (TPSA) is 125 Å². The van der Waals surface area contributed by atoms with E-state index >= 15 is 0 Å². The Balaban J connectivity index is 2.54. The molecule has 2 aromatic carbocycles. The van der Waals surface area contributed by atoms with Crippen LogP contribution >= 0.6 is 0 Å². The van der Waals surface area contributed by atoms with Crippen molar-refractivity contribution in [1.82, 2.24) is 0 Å². The molecule has 0 aliphatic carbocycles. The molecule has 0 bridgehead atoms. The lowest BCUT2D eigenvalue weighted by Gasteiger charge is -2.14. The minimum absolute atomic E-state index is 0.0438. The van der Waals surface area contributed by atoms with Crippen LogP contribution < -0.4 is 16.4 Å². The van der Waals surface area contributed by atoms with E-state index in [0.717, 1.165) is 11.6 Å². The third-order valence-electron chi connectivity index (χ3n) is 3.20. The summed E-state index contributed by atoms with van der Waals surface area (Å²) in [5.41, 5.74) is 7.98. The van der Waals surface area contributed by atoms with Gasteiger partial charge in [-0.05, 0) is 30.7 Å². The number of anilines is 4. The van der Waals surface area contributed by atoms with Gasteiger partial charge in [-0.15, -0.1) is 0 Å². The number of nitrogens with two attached hydrogens (primary N) is 1. The van der Waals surface area contributed by atoms with Crippen LogP contribution in [0.2, 0.25) is 0 Å². The minimum Gasteiger partial charge on any atom is -0.506 e. The Morgan fingerprint density at radius 2 is 1.82 bits per heavy atom. The van der Waals surface area contributed by atoms with Gasteiger partial charge in [0.25, 0.3) is 10.1 Å². The van der Waals surface area contributed by atoms with Crippen molar-refractivity contribution in [1.29, 1.82) is 0 Å². The summed E-state index contributed by atoms with van der Waals surface area (Å²) in [7, 11) is -2.94. The van der Waals surface area contributed by atoms with Crippen LogP contribution in [0.1, 0.15) is 5.56 Å². The van der Waals surface area contributed by atoms with E-state index in [-0.39, 0.29) is 22.0 Å². The van der Waals surface area contributed by atoms with E-state index in [4.69, 9.17) is 5.73 Å². The van der Waals surface area contributed by atoms with E-state index in [0.29, 0.717) is 11.4 Å². The first-order valence-electron chi connectivity index (χ1n) is 6.38. The summed E-state index contributed by atoms with van der Waals surface area (Å²) in [5.74, 6) is -0.155. The smallest absolute Gasteiger partial charge is 0.296 e. The van der Waals surface area contributed by atoms with Crippen molar-refractivity contribution >= 4 is 32.9 Å². The number of aromatic hydroxyl groups is 1. The molecule has 0 spiro atoms. The maximum Gasteiger partial charge on any atom is 0.296 e. The number of nitrogens with one attached hydrogen (secondary N) is 2. The molecule has 0 aliphatic rings. The van der Waals surface area contributed by atoms with Crippen LogP contribution in [0.3, 0.4) is 0 Å². The molecule has 0 unspecified atom stereocenters. The molecular weight excluding hydrogens is 306 g/mol. The average Bonchev–Trinajstić information content (AvgIpc) is 2.42. The molecule has 0 amide bonds. The molecule has 0 heterocycles. The van der Waals surface area contributed by atoms with E-state index in [1.165, 1.54) is 13.1 Å². The van der Waals surface area contributed by atoms with E-state index in [9.17, 15) is 18.1 Å². The molecule has 6 N–H and O–H groups in total. The van der Waals surface area contributed by atoms with Gasteiger partial charge in [-0.3, -0.25) is 4.55 Å². The minimum atomic E-state index is -4.47. The first-order valence-corrected chi connectivity index (χ1v) is 7.82. The molecule has 0 atom stereocenters. The van der Waals surface area contributed by atoms with Crippen molar-refractivity contribution in [3.8, 4) is 5.75 Å². The van der Waals surface area contributed by atoms with Gasteiger partial charge in [0.2, 0.25) is 0 Å². The largest absolute Gasteiger partial charge is 0.506 e. The lowest BCUT2D eigenvalue weighted by atomic mass is 10.2. The predicted octanol–water partition coefficient (Wildman–Crippen LogP) is 2.31. The zero-order valence-electron chi connectivity index (χ0n) is 12.1. The van der Waals surface area contributed by atoms with Crippen LogP contribution in [0.15, 0.2) is 35.2 Å². The van der Waals surface area contributed by atoms with Crippen molar-refractivity contribution in [2.24, 2.45) is 0 Å². The fourth-order valence-electron chi connectivity index (χ4n) is 1.95. The molecule has 22 heavy (non-hydrogen) atoms. The number of phenols is 1. The lowest BCUT2D eigenvalue weighted by molar-refractivity contribution is 0.475. The number of benzene rings is 2. The highest BCUT2D eigenvalue weighted by Gasteiger charge is 2.19. The van der Waals surface area contributed by atoms with Crippen LogP contribution in [-0.2, 0) is 10.1 Å². The van der Waals surface area contributed by atoms with Gasteiger partial charge in [-0.1, -0.05) is 6.07 Å². The number of rotatable bonds is 4. The Hall–Kier alpha value is -2.45. The Morgan fingerprint density at radius 1 is 1.14 bits per heavy atom. The standard InChI is InChI=1S/C14H17N3O4S/c1-8-3-4-9(5-10(8)15)17-12-6-13(18)11(16-2)7-14(12)22(19,20)21/h3-7,16-18H,15H2,1-2H3,(H,19,20,21). The first kappa shape index (κ1) is 15.9. The highest BCUT2D eigenvalue weighted by molar-refractivity contribution is 7.86. The Bertz CT molecular complexity index is 819. The summed E-state index contributed by atoms with van der Waals surface area (Å²) in [5, 5.41) is 15.3. The van der Waals surface area contributed by atoms with Crippen molar-refractivity contribution in [3.63, 3.8) is 0 Å². The van der Waals surface area contributed by atoms with Gasteiger partial charge in [0.15, 0.2) is 0 Å². The molecule has 0 aliphatic heterocycles. The second kappa shape index (κ2) is 5.74. The summed E-state index contributed by atoms with van der Waals surface area (Å²) >= 11 is 0. The van der Waals surface area contributed by atoms with Gasteiger partial charge < -0.3 is 21.5 Å². The SMILES string of the molecule is CNc1cc(S(=O)(=O)O)c(Nc2ccc(C)c(N)c2)cc1O. The average molecular weight is 323 g/mol. The van der Waals surface area contributed by atoms with E-state index < -0.39 is 10.1 Å². The molecule has 2 aromatic rings. The quantitative estimate of drug-likeness (QED) is 0.332. The van der Waals surface area contributed by atoms with Crippen molar-refractivity contribution in [3.05, 3.63) is 35.9 Å². The van der Waals surface area contributed by atoms with Gasteiger partial charge in [-0.2, -0.15) is 8.42 Å². The van der Waals surface area contributed by atoms with Crippen LogP contribution in [0.5, 0.6) is 5.75 Å². The summed E-state index contributed by atoms with van der Waals surface area (Å²) in [6, 6.07) is 7.47. The fraction of sp³-hybridized carbons (Fsp3) is 0.143. The normalized spacial score (nSPS) is 11.2. The zero-order valence-corrected chi connectivity index (χ0v) is 12.9. The van der Waals surface area contributed by atoms with E-state index in [2.05, 4.69) is 10.6 Å². The molecule has 0 saturated heterocycles. The molecule has 118 valence electrons. The Morgan fingerprint density at radius 3 is 2.36 bits per heavy atom. The molecular formula is C14H17N3O4S. The number of hydrogen-bond acceptors (Lipinski definition) is 6. The highest BCUT2D eigenvalue weighted by Crippen LogP contribution is 2.35. The van der Waals surface area contributed by atoms with Crippen LogP contribution in [-0.4, -0.2) is 25.1 Å². The van der Waals surface area contributed by atoms with Gasteiger partial charge in [0.05, 0.1) is 11.4 Å². The third-order valence-corrected chi connectivity index (χ3v) is 4.10. The van der Waals surface area contributed by atoms with Crippen LogP contribution in [0.4, 0.5) is 22.7 Å². The molecule has 7 nitrogen and oxygen atoms in total. The molecule has 0 aromatic heterocycles. The van der Waals surface area contributed by atoms with Gasteiger partial charge in [-0.25, -0.2) is 0 Å². The van der Waals surface area contributed by atoms with Crippen molar-refractivity contribution in [2.45, 2.75) is 11.8 Å². The second-order valence-electron chi connectivity index (χ2n) is 4.79. The van der Waals surface area contributed by atoms with Crippen LogP contribution in [0, 0.1) is 6.92 Å². The van der Waals surface area contributed by atoms with Crippen LogP contribution in [0.25, 0.3) is 0 Å². The van der Waals surface area contributed by atoms with Gasteiger partial charge in [0, 0.05) is 24.5 Å². The summed E-state index contributed by atoms with van der Waals surface area (Å²) in [6.45, 7) is 1.84. The lowest BCUT2D eigenvalue weighted by Crippen LogP contribution is -2.05. The number of hydrogen-bond donors (Lipinski definition) is 5. The molecule has 0 saturated carbocycles. The van der Waals surface area contributed by atoms with E-state index in [1.807, 2.05) is 6.92 Å². The van der Waals surface area contributed by atoms with Crippen molar-refractivity contribution in [2.75, 3.05) is 23.4 Å². The summed E-state index contributed by atoms with van der Waals surface area (Å²) < 4.78 is 32.4. The second-order valence-corrected chi connectivity index (χ2v) is 6.18. The van der Waals surface area contributed by atoms with E-state index in [1.54, 1.807) is 18.2 Å². The number of nitrogen functional groups attached to an aromatic ring is 1. The molecule has 0 radical (unpaired) electrons. The summed E-state index contributed by atoms with van der Waals surface area (Å²) in [6.07, 6.45) is 0. The van der Waals surface area contributed by atoms with Gasteiger partial charge in [0.1, 0.15) is 10.6 Å². The highest BCUT2D eigenvalue weighted by atomic mass is 32.2.